The first kappa shape index (κ1) is 104. The Hall–Kier alpha value is -12.9. The van der Waals surface area contributed by atoms with Gasteiger partial charge in [-0.2, -0.15) is 0 Å². The lowest BCUT2D eigenvalue weighted by molar-refractivity contribution is -0.659. The average Bonchev–Trinajstić information content (AvgIpc) is 1.51. The molecule has 0 bridgehead atoms. The Labute approximate surface area is 863 Å². The summed E-state index contributed by atoms with van der Waals surface area (Å²) in [6.07, 6.45) is 32.9. The van der Waals surface area contributed by atoms with Crippen LogP contribution in [0.3, 0.4) is 0 Å². The predicted molar refractivity (Wildman–Crippen MR) is 613 cm³/mol. The molecule has 3 aliphatic carbocycles. The van der Waals surface area contributed by atoms with Crippen molar-refractivity contribution in [1.29, 1.82) is 0 Å². The molecular formula is C138H162N6+6. The molecule has 18 aromatic rings. The summed E-state index contributed by atoms with van der Waals surface area (Å²) >= 11 is 0. The molecule has 0 atom stereocenters. The molecule has 0 unspecified atom stereocenters. The zero-order valence-electron chi connectivity index (χ0n) is 92.2. The molecule has 0 saturated heterocycles. The van der Waals surface area contributed by atoms with E-state index in [1.807, 2.05) is 0 Å². The van der Waals surface area contributed by atoms with Gasteiger partial charge in [-0.15, -0.1) is 0 Å². The minimum Gasteiger partial charge on any atom is -0.200 e. The second kappa shape index (κ2) is 44.4. The van der Waals surface area contributed by atoms with Crippen LogP contribution in [-0.2, 0) is 61.5 Å². The van der Waals surface area contributed by atoms with Gasteiger partial charge < -0.3 is 0 Å². The third-order valence-electron chi connectivity index (χ3n) is 31.0. The van der Waals surface area contributed by atoms with Gasteiger partial charge in [0.15, 0.2) is 37.2 Å². The van der Waals surface area contributed by atoms with Crippen molar-refractivity contribution in [3.63, 3.8) is 0 Å². The van der Waals surface area contributed by atoms with Crippen LogP contribution in [0.1, 0.15) is 257 Å². The number of aromatic nitrogens is 6. The highest BCUT2D eigenvalue weighted by Gasteiger charge is 2.30. The van der Waals surface area contributed by atoms with Crippen molar-refractivity contribution >= 4 is 64.6 Å². The van der Waals surface area contributed by atoms with Gasteiger partial charge in [-0.3, -0.25) is 0 Å². The summed E-state index contributed by atoms with van der Waals surface area (Å²) in [6, 6.07) is 95.7. The van der Waals surface area contributed by atoms with Crippen molar-refractivity contribution in [1.82, 2.24) is 0 Å². The van der Waals surface area contributed by atoms with Gasteiger partial charge in [-0.25, -0.2) is 27.4 Å². The number of hydrogen-bond acceptors (Lipinski definition) is 0. The second-order valence-corrected chi connectivity index (χ2v) is 46.9. The molecule has 21 rings (SSSR count). The molecule has 144 heavy (non-hydrogen) atoms. The Kier molecular flexibility index (Phi) is 32.0. The number of hydrogen-bond donors (Lipinski definition) is 0. The first-order chi connectivity index (χ1) is 68.7. The van der Waals surface area contributed by atoms with Gasteiger partial charge in [0.2, 0.25) is 34.2 Å². The van der Waals surface area contributed by atoms with E-state index >= 15 is 0 Å². The smallest absolute Gasteiger partial charge is 0.200 e. The van der Waals surface area contributed by atoms with Gasteiger partial charge in [0.05, 0.1) is 43.4 Å². The van der Waals surface area contributed by atoms with E-state index < -0.39 is 0 Å². The Morgan fingerprint density at radius 1 is 0.208 bits per heavy atom. The first-order valence-electron chi connectivity index (χ1n) is 53.6. The van der Waals surface area contributed by atoms with Crippen LogP contribution in [0.15, 0.2) is 292 Å². The normalized spacial score (nSPS) is 13.6. The fraction of sp³-hybridized carbons (Fsp3) is 0.348. The van der Waals surface area contributed by atoms with Crippen LogP contribution in [0.2, 0.25) is 0 Å². The molecule has 6 nitrogen and oxygen atoms in total. The van der Waals surface area contributed by atoms with Crippen LogP contribution < -0.4 is 27.4 Å². The highest BCUT2D eigenvalue weighted by Crippen LogP contribution is 2.44. The summed E-state index contributed by atoms with van der Waals surface area (Å²) in [5.41, 5.74) is 41.7. The topological polar surface area (TPSA) is 23.3 Å². The zero-order chi connectivity index (χ0) is 102. The monoisotopic (exact) mass is 1900 g/mol. The van der Waals surface area contributed by atoms with E-state index in [-0.39, 0.29) is 0 Å². The number of benzene rings is 12. The Balaban J connectivity index is 0.000000124. The summed E-state index contributed by atoms with van der Waals surface area (Å²) in [5, 5.41) is 16.1. The molecule has 6 aromatic heterocycles. The fourth-order valence-electron chi connectivity index (χ4n) is 23.4. The van der Waals surface area contributed by atoms with Crippen LogP contribution >= 0.6 is 0 Å². The highest BCUT2D eigenvalue weighted by molar-refractivity contribution is 5.99. The van der Waals surface area contributed by atoms with E-state index in [1.54, 1.807) is 0 Å². The number of fused-ring (bicyclic) bond motifs is 6. The van der Waals surface area contributed by atoms with Crippen LogP contribution in [-0.4, -0.2) is 0 Å². The summed E-state index contributed by atoms with van der Waals surface area (Å²) in [5.74, 6) is 2.31. The van der Waals surface area contributed by atoms with Gasteiger partial charge in [-0.05, 0) is 358 Å². The van der Waals surface area contributed by atoms with Crippen LogP contribution in [0.5, 0.6) is 0 Å². The van der Waals surface area contributed by atoms with E-state index in [2.05, 4.69) is 507 Å². The lowest BCUT2D eigenvalue weighted by Crippen LogP contribution is -2.30. The minimum atomic E-state index is 0.306. The van der Waals surface area contributed by atoms with E-state index in [0.29, 0.717) is 16.2 Å². The van der Waals surface area contributed by atoms with Crippen molar-refractivity contribution in [2.75, 3.05) is 0 Å². The van der Waals surface area contributed by atoms with Crippen LogP contribution in [0.4, 0.5) is 0 Å². The maximum absolute atomic E-state index is 2.44. The van der Waals surface area contributed by atoms with Gasteiger partial charge in [0, 0.05) is 58.7 Å². The molecule has 738 valence electrons. The molecule has 0 radical (unpaired) electrons. The lowest BCUT2D eigenvalue weighted by atomic mass is 9.87. The average molecular weight is 1900 g/mol. The van der Waals surface area contributed by atoms with Crippen molar-refractivity contribution in [2.45, 2.75) is 259 Å². The molecule has 3 saturated carbocycles. The van der Waals surface area contributed by atoms with Crippen molar-refractivity contribution in [3.05, 3.63) is 392 Å². The summed E-state index contributed by atoms with van der Waals surface area (Å²) in [6.45, 7) is 47.1. The van der Waals surface area contributed by atoms with Crippen LogP contribution in [0.25, 0.3) is 132 Å². The van der Waals surface area contributed by atoms with Crippen molar-refractivity contribution < 1.29 is 27.4 Å². The van der Waals surface area contributed by atoms with Gasteiger partial charge in [0.25, 0.3) is 0 Å². The Morgan fingerprint density at radius 3 is 0.701 bits per heavy atom. The van der Waals surface area contributed by atoms with E-state index in [0.717, 1.165) is 37.0 Å². The second-order valence-electron chi connectivity index (χ2n) is 46.9. The molecule has 3 fully saturated rings. The molecule has 0 spiro atoms. The maximum atomic E-state index is 2.44. The SMILES string of the molecule is Cc1cc(C)c(C)c(-c2c3ccc(C4CCCC4)cc3cc[n+]2C)c1.Cc1cc(C)c(C)c(-c2c3ccc(CC(C)(C)C)cc3cc[n+]2C)c1.Cc1ccc(C)c(-c2c3ccc(C4CCCC4)cc3cc[n+]2C)c1.Cc1ccc(C)c(-c2c3ccc(CC(C)(C)C)cc3cc[n+]2C)c1.Cc1ccccc1-c1c2ccc(C3CCCC3)cc2cc[n+]1C.Cc1ccccc1-c1c2ccc(CC(C)(C)C)cc2cc[n+]1C. The fourth-order valence-corrected chi connectivity index (χ4v) is 23.4. The van der Waals surface area contributed by atoms with Crippen molar-refractivity contribution in [3.8, 4) is 67.5 Å². The third-order valence-corrected chi connectivity index (χ3v) is 31.0. The molecule has 0 amide bonds. The minimum absolute atomic E-state index is 0.306. The van der Waals surface area contributed by atoms with Crippen LogP contribution in [0, 0.1) is 99.3 Å². The van der Waals surface area contributed by atoms with Gasteiger partial charge in [-0.1, -0.05) is 269 Å². The summed E-state index contributed by atoms with van der Waals surface area (Å²) < 4.78 is 13.5. The highest BCUT2D eigenvalue weighted by atomic mass is 14.9. The largest absolute Gasteiger partial charge is 0.220 e. The molecular weight excluding hydrogens is 1740 g/mol. The van der Waals surface area contributed by atoms with E-state index in [1.165, 1.54) is 309 Å². The van der Waals surface area contributed by atoms with Gasteiger partial charge in [0.1, 0.15) is 42.3 Å². The molecule has 0 N–H and O–H groups in total. The molecule has 6 heterocycles. The summed E-state index contributed by atoms with van der Waals surface area (Å²) in [7, 11) is 12.9. The quantitative estimate of drug-likeness (QED) is 0.109. The standard InChI is InChI=1S/C24H28N.C24H30N.C23H26N.C23H28N.C22H24N.C22H26N/c1-16-13-17(2)18(3)23(14-16)24-22-10-9-20(19-7-5-6-8-19)15-21(22)11-12-25(24)4;1-16-12-17(2)18(3)22(13-16)23-21-9-8-19(15-24(4,5)6)14-20(21)10-11-25(23)7;1-16-8-9-17(2)22(14-16)23-21-11-10-19(18-6-4-5-7-18)15-20(21)12-13-24(23)3;1-16-7-8-17(2)21(13-16)22-20-10-9-18(15-23(3,4)5)14-19(20)11-12-24(22)6;1-16-7-3-6-10-20(16)22-21-12-11-18(17-8-4-5-9-17)15-19(21)13-14-23(22)2;1-16-8-6-7-9-19(16)21-20-11-10-17(15-22(2,3)4)14-18(20)12-13-23(21)5/h9-15,19H,5-8H2,1-4H3;8-14H,15H2,1-7H3;8-15,18H,4-7H2,1-3H3;7-14H,15H2,1-6H3;3,6-7,10-15,17H,4-5,8-9H2,1-2H3;6-14H,15H2,1-5H3/q6*+1. The van der Waals surface area contributed by atoms with Crippen molar-refractivity contribution in [2.24, 2.45) is 58.5 Å². The zero-order valence-corrected chi connectivity index (χ0v) is 92.2. The molecule has 0 aliphatic heterocycles. The number of rotatable bonds is 12. The lowest BCUT2D eigenvalue weighted by Gasteiger charge is -2.18. The number of pyridine rings is 6. The maximum Gasteiger partial charge on any atom is 0.220 e. The predicted octanol–water partition coefficient (Wildman–Crippen LogP) is 33.4. The van der Waals surface area contributed by atoms with E-state index in [9.17, 15) is 0 Å². The molecule has 6 heteroatoms. The molecule has 12 aromatic carbocycles. The number of aryl methyl sites for hydroxylation is 16. The first-order valence-corrected chi connectivity index (χ1v) is 53.6. The van der Waals surface area contributed by atoms with E-state index in [4.69, 9.17) is 0 Å². The third kappa shape index (κ3) is 24.3. The Bertz CT molecular complexity index is 7770. The number of nitrogens with zero attached hydrogens (tertiary/aromatic N) is 6. The molecule has 3 aliphatic rings. The Morgan fingerprint density at radius 2 is 0.438 bits per heavy atom. The summed E-state index contributed by atoms with van der Waals surface area (Å²) in [4.78, 5) is 0. The van der Waals surface area contributed by atoms with Gasteiger partial charge >= 0.3 is 0 Å².